The monoisotopic (exact) mass is 1640 g/mol. The summed E-state index contributed by atoms with van der Waals surface area (Å²) in [5.41, 5.74) is 17.3. The quantitative estimate of drug-likeness (QED) is 0.0381. The molecule has 12 nitrogen and oxygen atoms in total. The van der Waals surface area contributed by atoms with Crippen molar-refractivity contribution >= 4 is 89.3 Å². The van der Waals surface area contributed by atoms with Gasteiger partial charge in [0.15, 0.2) is 17.5 Å². The molecule has 3 unspecified atom stereocenters. The van der Waals surface area contributed by atoms with Gasteiger partial charge in [0.05, 0.1) is 0 Å². The average Bonchev–Trinajstić information content (AvgIpc) is 0.736. The van der Waals surface area contributed by atoms with E-state index in [2.05, 4.69) is 186 Å². The number of nitrogens with zero attached hydrogens (tertiary/aromatic N) is 6. The van der Waals surface area contributed by atoms with Crippen molar-refractivity contribution in [3.8, 4) is 89.8 Å². The smallest absolute Gasteiger partial charge is 0.261 e. The van der Waals surface area contributed by atoms with E-state index >= 15 is 0 Å². The summed E-state index contributed by atoms with van der Waals surface area (Å²) in [4.78, 5) is 102. The molecule has 0 saturated heterocycles. The minimum absolute atomic E-state index is 0.0686. The zero-order chi connectivity index (χ0) is 86.2. The highest BCUT2D eigenvalue weighted by molar-refractivity contribution is 6.30. The van der Waals surface area contributed by atoms with E-state index < -0.39 is 0 Å². The second-order valence-electron chi connectivity index (χ2n) is 33.1. The van der Waals surface area contributed by atoms with Crippen molar-refractivity contribution in [2.24, 2.45) is 0 Å². The highest BCUT2D eigenvalue weighted by atomic mass is 16.2. The third-order valence-electron chi connectivity index (χ3n) is 25.5. The van der Waals surface area contributed by atoms with E-state index in [0.29, 0.717) is 56.2 Å². The lowest BCUT2D eigenvalue weighted by Gasteiger charge is -2.34. The second kappa shape index (κ2) is 37.4. The maximum atomic E-state index is 14.0. The fourth-order valence-electron chi connectivity index (χ4n) is 18.9. The summed E-state index contributed by atoms with van der Waals surface area (Å²) in [6.45, 7) is 12.7. The van der Waals surface area contributed by atoms with Gasteiger partial charge in [0, 0.05) is 84.4 Å². The number of hydrogen-bond donors (Lipinski definition) is 0. The molecule has 0 bridgehead atoms. The molecule has 0 aliphatic carbocycles. The van der Waals surface area contributed by atoms with E-state index in [0.717, 1.165) is 184 Å². The van der Waals surface area contributed by atoms with Crippen LogP contribution < -0.4 is 0 Å². The van der Waals surface area contributed by atoms with Gasteiger partial charge in [-0.25, -0.2) is 15.0 Å². The lowest BCUT2D eigenvalue weighted by Crippen LogP contribution is -2.46. The average molecular weight is 1640 g/mol. The molecule has 16 aromatic rings. The zero-order valence-corrected chi connectivity index (χ0v) is 71.9. The van der Waals surface area contributed by atoms with Gasteiger partial charge in [-0.05, 0) is 186 Å². The molecule has 3 atom stereocenters. The molecule has 19 rings (SSSR count). The van der Waals surface area contributed by atoms with E-state index in [1.807, 2.05) is 165 Å². The Morgan fingerprint density at radius 3 is 0.912 bits per heavy atom. The van der Waals surface area contributed by atoms with Gasteiger partial charge >= 0.3 is 0 Å². The van der Waals surface area contributed by atoms with Crippen LogP contribution in [0, 0.1) is 0 Å². The first kappa shape index (κ1) is 83.3. The summed E-state index contributed by atoms with van der Waals surface area (Å²) in [5.74, 6) is 0.473. The van der Waals surface area contributed by atoms with Crippen molar-refractivity contribution < 1.29 is 28.8 Å². The number of amides is 6. The molecule has 0 fully saturated rings. The number of imide groups is 3. The molecule has 0 spiro atoms. The number of carbonyl (C=O) groups is 6. The molecule has 12 heteroatoms. The highest BCUT2D eigenvalue weighted by Gasteiger charge is 2.41. The number of rotatable bonds is 26. The van der Waals surface area contributed by atoms with Gasteiger partial charge < -0.3 is 0 Å². The van der Waals surface area contributed by atoms with Crippen molar-refractivity contribution in [2.45, 2.75) is 156 Å². The molecular weight excluding hydrogens is 1540 g/mol. The van der Waals surface area contributed by atoms with Gasteiger partial charge in [-0.15, -0.1) is 0 Å². The lowest BCUT2D eigenvalue weighted by atomic mass is 9.86. The Labute approximate surface area is 731 Å². The molecule has 4 heterocycles. The van der Waals surface area contributed by atoms with Crippen LogP contribution >= 0.6 is 0 Å². The van der Waals surface area contributed by atoms with Crippen molar-refractivity contribution in [3.63, 3.8) is 0 Å². The molecule has 15 aromatic carbocycles. The van der Waals surface area contributed by atoms with E-state index in [1.165, 1.54) is 47.7 Å². The van der Waals surface area contributed by atoms with Crippen LogP contribution in [0.3, 0.4) is 0 Å². The topological polar surface area (TPSA) is 151 Å². The number of unbranched alkanes of at least 4 members (excludes halogenated alkanes) is 6. The maximum Gasteiger partial charge on any atom is 0.261 e. The molecule has 3 aliphatic heterocycles. The van der Waals surface area contributed by atoms with Crippen LogP contribution in [-0.2, 0) is 0 Å². The van der Waals surface area contributed by atoms with E-state index in [9.17, 15) is 28.8 Å². The fourth-order valence-corrected chi connectivity index (χ4v) is 18.9. The van der Waals surface area contributed by atoms with Crippen LogP contribution in [0.25, 0.3) is 144 Å². The largest absolute Gasteiger partial charge is 0.271 e. The Morgan fingerprint density at radius 2 is 0.488 bits per heavy atom. The van der Waals surface area contributed by atoms with Crippen molar-refractivity contribution in [1.82, 2.24) is 29.7 Å². The van der Waals surface area contributed by atoms with Crippen LogP contribution in [0.15, 0.2) is 309 Å². The molecule has 1 aromatic heterocycles. The van der Waals surface area contributed by atoms with Gasteiger partial charge in [0.1, 0.15) is 0 Å². The Hall–Kier alpha value is -14.0. The van der Waals surface area contributed by atoms with E-state index in [1.54, 1.807) is 0 Å². The Bertz CT molecular complexity index is 6700. The zero-order valence-electron chi connectivity index (χ0n) is 71.9. The number of hydrogen-bond acceptors (Lipinski definition) is 9. The van der Waals surface area contributed by atoms with Gasteiger partial charge in [-0.1, -0.05) is 354 Å². The number of aromatic nitrogens is 3. The van der Waals surface area contributed by atoms with Crippen LogP contribution in [0.1, 0.15) is 200 Å². The van der Waals surface area contributed by atoms with E-state index in [4.69, 9.17) is 15.0 Å². The molecular formula is C113H102N6O6. The predicted molar refractivity (Wildman–Crippen MR) is 510 cm³/mol. The van der Waals surface area contributed by atoms with Crippen molar-refractivity contribution in [1.29, 1.82) is 0 Å². The normalized spacial score (nSPS) is 13.6. The van der Waals surface area contributed by atoms with Gasteiger partial charge in [0.2, 0.25) is 0 Å². The summed E-state index contributed by atoms with van der Waals surface area (Å²) < 4.78 is 0. The summed E-state index contributed by atoms with van der Waals surface area (Å²) >= 11 is 0. The molecule has 0 N–H and O–H groups in total. The number of benzene rings is 15. The van der Waals surface area contributed by atoms with Crippen molar-refractivity contribution in [2.75, 3.05) is 0 Å². The Morgan fingerprint density at radius 1 is 0.216 bits per heavy atom. The molecule has 0 radical (unpaired) electrons. The van der Waals surface area contributed by atoms with Crippen LogP contribution in [0.4, 0.5) is 0 Å². The van der Waals surface area contributed by atoms with Crippen molar-refractivity contribution in [3.05, 3.63) is 343 Å². The molecule has 0 saturated carbocycles. The number of fused-ring (bicyclic) bond motifs is 2. The minimum Gasteiger partial charge on any atom is -0.271 e. The summed E-state index contributed by atoms with van der Waals surface area (Å²) in [7, 11) is 0. The van der Waals surface area contributed by atoms with Gasteiger partial charge in [-0.3, -0.25) is 43.5 Å². The molecule has 3 aliphatic rings. The van der Waals surface area contributed by atoms with Crippen LogP contribution in [-0.4, -0.2) is 83.2 Å². The molecule has 620 valence electrons. The Balaban J connectivity index is 0.000000133. The maximum absolute atomic E-state index is 14.0. The summed E-state index contributed by atoms with van der Waals surface area (Å²) in [5, 5.41) is 9.56. The number of carbonyl (C=O) groups excluding carboxylic acids is 6. The van der Waals surface area contributed by atoms with Gasteiger partial charge in [0.25, 0.3) is 35.4 Å². The highest BCUT2D eigenvalue weighted by Crippen LogP contribution is 2.45. The minimum atomic E-state index is -0.228. The first-order chi connectivity index (χ1) is 61.3. The van der Waals surface area contributed by atoms with Crippen LogP contribution in [0.2, 0.25) is 0 Å². The van der Waals surface area contributed by atoms with Gasteiger partial charge in [-0.2, -0.15) is 0 Å². The first-order valence-corrected chi connectivity index (χ1v) is 44.8. The Kier molecular flexibility index (Phi) is 24.9. The van der Waals surface area contributed by atoms with E-state index in [-0.39, 0.29) is 53.6 Å². The lowest BCUT2D eigenvalue weighted by molar-refractivity contribution is 0.0508. The third-order valence-corrected chi connectivity index (χ3v) is 25.5. The SMILES string of the molecule is CCCCCC(CC)N1C(=O)c2cccc3c(-c4ccc(-c5ccccc5)c5ccccc45)ccc(c23)C1=O.CCCCCC(CC)N1C(=O)c2cccc3c(-c4ccc5cc(-c6ccccc6)ccc5c4)ccc(c23)C1=O.CCCCCC(CC)N1C(=O)c2cccc3c(-c4nc(-c5ccccc5)nc(-c5ccc(-c6ccccc6)cc5)n4)ccc(c23)C1=O. The summed E-state index contributed by atoms with van der Waals surface area (Å²) in [6, 6.07) is 104. The van der Waals surface area contributed by atoms with Crippen LogP contribution in [0.5, 0.6) is 0 Å². The third kappa shape index (κ3) is 16.4. The fraction of sp³-hybridized carbons (Fsp3) is 0.212. The second-order valence-corrected chi connectivity index (χ2v) is 33.1. The standard InChI is InChI=1S/C41H36N4O2.2C36H33NO2/c1-3-5-8-18-31(4-2)45-40(46)34-20-13-19-32-33(25-26-35(36(32)34)41(45)47)39-43-37(29-16-11-7-12-17-29)42-38(44-39)30-23-21-28(22-24-30)27-14-9-6-10-15-27;1-3-5-7-15-25(4-2)37-35(38)32-19-12-18-31-30(22-23-33(34(31)32)36(37)39)29-21-20-26(24-13-8-6-9-14-24)27-16-10-11-17-28(27)29;1-3-5-7-13-29(4-2)37-35(38)32-15-10-14-31-30(20-21-33(34(31)32)36(37)39)28-19-18-26-22-25(16-17-27(26)23-28)24-11-8-6-9-12-24/h6-7,9-17,19-26,31H,3-5,8,18H2,1-2H3;6,8-14,16-23,25H,3-5,7,15H2,1-2H3;6,8-12,14-23,29H,3-5,7,13H2,1-2H3. The predicted octanol–water partition coefficient (Wildman–Crippen LogP) is 28.2. The molecule has 6 amide bonds. The summed E-state index contributed by atoms with van der Waals surface area (Å²) in [6.07, 6.45) is 14.5. The molecule has 125 heavy (non-hydrogen) atoms. The first-order valence-electron chi connectivity index (χ1n) is 44.8.